The number of phosphoric acid groups is 1. The van der Waals surface area contributed by atoms with Crippen LogP contribution in [0.2, 0.25) is 0 Å². The van der Waals surface area contributed by atoms with Gasteiger partial charge in [-0.05, 0) is 0 Å². The molecule has 0 aliphatic carbocycles. The fraction of sp³-hybridized carbons (Fsp3) is 0. The molecular formula is H9CaMgO4PSr. The van der Waals surface area contributed by atoms with Gasteiger partial charge in [0.1, 0.15) is 0 Å². The maximum absolute atomic E-state index is 8.88. The van der Waals surface area contributed by atoms with Gasteiger partial charge in [-0.1, -0.05) is 0 Å². The van der Waals surface area contributed by atoms with Crippen LogP contribution >= 0.6 is 7.82 Å². The summed E-state index contributed by atoms with van der Waals surface area (Å²) in [4.78, 5) is 21.6. The third-order valence-corrected chi connectivity index (χ3v) is 0. The zero-order valence-electron chi connectivity index (χ0n) is 2.20. The van der Waals surface area contributed by atoms with Crippen LogP contribution in [-0.2, 0) is 4.57 Å². The van der Waals surface area contributed by atoms with Crippen LogP contribution < -0.4 is 0 Å². The monoisotopic (exact) mass is 256 g/mol. The first-order valence-electron chi connectivity index (χ1n) is 0.783. The standard InChI is InChI=1S/Ca.Mg.H3O4P.Sr.6H/c;;1-5(2,3)4;;;;;;;/h;;(H3,1,2,3,4);;;;;;;. The van der Waals surface area contributed by atoms with Gasteiger partial charge in [0.25, 0.3) is 0 Å². The molecule has 0 heterocycles. The minimum absolute atomic E-state index is 0. The molecule has 44 valence electrons. The molecule has 0 aromatic heterocycles. The van der Waals surface area contributed by atoms with Crippen LogP contribution in [-0.4, -0.2) is 121 Å². The molecule has 0 saturated carbocycles. The Morgan fingerprint density at radius 1 is 1.12 bits per heavy atom. The number of hydrogen-bond donors (Lipinski definition) is 3. The maximum atomic E-state index is 8.88. The van der Waals surface area contributed by atoms with Gasteiger partial charge in [-0.3, -0.25) is 0 Å². The zero-order chi connectivity index (χ0) is 4.50. The second-order valence-corrected chi connectivity index (χ2v) is 1.54. The van der Waals surface area contributed by atoms with E-state index in [0.717, 1.165) is 0 Å². The van der Waals surface area contributed by atoms with Gasteiger partial charge in [0.05, 0.1) is 0 Å². The van der Waals surface area contributed by atoms with Gasteiger partial charge >= 0.3 is 114 Å². The molecule has 0 fully saturated rings. The van der Waals surface area contributed by atoms with Crippen molar-refractivity contribution in [1.29, 1.82) is 0 Å². The summed E-state index contributed by atoms with van der Waals surface area (Å²) in [6, 6.07) is 0. The van der Waals surface area contributed by atoms with Crippen molar-refractivity contribution in [3.63, 3.8) is 0 Å². The summed E-state index contributed by atoms with van der Waals surface area (Å²) in [5, 5.41) is 0. The van der Waals surface area contributed by atoms with Crippen molar-refractivity contribution in [3.05, 3.63) is 0 Å². The second-order valence-electron chi connectivity index (χ2n) is 0.513. The molecule has 0 atom stereocenters. The van der Waals surface area contributed by atoms with E-state index in [1.807, 2.05) is 0 Å². The van der Waals surface area contributed by atoms with Crippen molar-refractivity contribution >= 4 is 114 Å². The van der Waals surface area contributed by atoms with Crippen LogP contribution in [0, 0.1) is 0 Å². The second kappa shape index (κ2) is 10.6. The van der Waals surface area contributed by atoms with E-state index in [9.17, 15) is 0 Å². The Hall–Kier alpha value is 3.62. The Balaban J connectivity index is -0.0000000267. The van der Waals surface area contributed by atoms with Gasteiger partial charge in [0, 0.05) is 0 Å². The molecular weight excluding hydrogens is 247 g/mol. The van der Waals surface area contributed by atoms with Gasteiger partial charge in [-0.25, -0.2) is 4.57 Å². The van der Waals surface area contributed by atoms with E-state index in [1.54, 1.807) is 0 Å². The van der Waals surface area contributed by atoms with Crippen LogP contribution in [0.15, 0.2) is 0 Å². The Morgan fingerprint density at radius 3 is 1.12 bits per heavy atom. The first-order chi connectivity index (χ1) is 2.00. The summed E-state index contributed by atoms with van der Waals surface area (Å²) >= 11 is 0. The van der Waals surface area contributed by atoms with Crippen molar-refractivity contribution in [2.45, 2.75) is 0 Å². The van der Waals surface area contributed by atoms with E-state index < -0.39 is 7.82 Å². The SMILES string of the molecule is O=P(O)(O)O.[CaH2].[MgH2].[SrH2]. The average molecular weight is 256 g/mol. The first-order valence-corrected chi connectivity index (χ1v) is 2.35. The van der Waals surface area contributed by atoms with Crippen molar-refractivity contribution in [3.8, 4) is 0 Å². The topological polar surface area (TPSA) is 77.8 Å². The summed E-state index contributed by atoms with van der Waals surface area (Å²) in [5.74, 6) is 0. The van der Waals surface area contributed by atoms with Crippen LogP contribution in [0.3, 0.4) is 0 Å². The fourth-order valence-corrected chi connectivity index (χ4v) is 0. The van der Waals surface area contributed by atoms with Gasteiger partial charge in [-0.15, -0.1) is 0 Å². The first kappa shape index (κ1) is 22.6. The van der Waals surface area contributed by atoms with Crippen molar-refractivity contribution in [2.24, 2.45) is 0 Å². The molecule has 0 amide bonds. The van der Waals surface area contributed by atoms with Crippen molar-refractivity contribution in [1.82, 2.24) is 0 Å². The summed E-state index contributed by atoms with van der Waals surface area (Å²) in [7, 11) is -4.64. The van der Waals surface area contributed by atoms with Crippen LogP contribution in [0.1, 0.15) is 0 Å². The molecule has 3 N–H and O–H groups in total. The predicted molar refractivity (Wildman–Crippen MR) is 39.9 cm³/mol. The van der Waals surface area contributed by atoms with Crippen LogP contribution in [0.4, 0.5) is 0 Å². The molecule has 0 unspecified atom stereocenters. The Labute approximate surface area is 130 Å². The molecule has 0 bridgehead atoms. The third kappa shape index (κ3) is 54.6. The predicted octanol–water partition coefficient (Wildman–Crippen LogP) is -3.68. The molecule has 0 aromatic rings. The zero-order valence-corrected chi connectivity index (χ0v) is 3.09. The van der Waals surface area contributed by atoms with E-state index in [1.165, 1.54) is 0 Å². The average Bonchev–Trinajstić information content (AvgIpc) is 0.722. The molecule has 0 saturated heterocycles. The van der Waals surface area contributed by atoms with Gasteiger partial charge in [0.2, 0.25) is 0 Å². The van der Waals surface area contributed by atoms with E-state index in [4.69, 9.17) is 19.2 Å². The minimum atomic E-state index is -4.64. The summed E-state index contributed by atoms with van der Waals surface area (Å²) in [6.07, 6.45) is 0. The molecule has 0 spiro atoms. The Bertz CT molecular complexity index is 62.2. The van der Waals surface area contributed by atoms with E-state index >= 15 is 0 Å². The van der Waals surface area contributed by atoms with Crippen LogP contribution in [0.5, 0.6) is 0 Å². The Morgan fingerprint density at radius 2 is 1.12 bits per heavy atom. The molecule has 0 rings (SSSR count). The summed E-state index contributed by atoms with van der Waals surface area (Å²) in [6.45, 7) is 0. The summed E-state index contributed by atoms with van der Waals surface area (Å²) < 4.78 is 8.88. The third-order valence-electron chi connectivity index (χ3n) is 0. The van der Waals surface area contributed by atoms with Crippen molar-refractivity contribution < 1.29 is 19.2 Å². The number of rotatable bonds is 0. The quantitative estimate of drug-likeness (QED) is 0.308. The molecule has 8 heteroatoms. The molecule has 8 heavy (non-hydrogen) atoms. The van der Waals surface area contributed by atoms with E-state index in [-0.39, 0.29) is 106 Å². The normalized spacial score (nSPS) is 7.38. The molecule has 0 aliphatic heterocycles. The van der Waals surface area contributed by atoms with Gasteiger partial charge in [-0.2, -0.15) is 0 Å². The van der Waals surface area contributed by atoms with Crippen molar-refractivity contribution in [2.75, 3.05) is 0 Å². The number of hydrogen-bond acceptors (Lipinski definition) is 1. The van der Waals surface area contributed by atoms with Gasteiger partial charge in [0.15, 0.2) is 0 Å². The molecule has 0 radical (unpaired) electrons. The molecule has 0 aromatic carbocycles. The fourth-order valence-electron chi connectivity index (χ4n) is 0. The van der Waals surface area contributed by atoms with Gasteiger partial charge < -0.3 is 14.7 Å². The molecule has 4 nitrogen and oxygen atoms in total. The summed E-state index contributed by atoms with van der Waals surface area (Å²) in [5.41, 5.74) is 0. The molecule has 0 aliphatic rings. The Kier molecular flexibility index (Phi) is 30.0. The van der Waals surface area contributed by atoms with E-state index in [2.05, 4.69) is 0 Å². The van der Waals surface area contributed by atoms with Crippen LogP contribution in [0.25, 0.3) is 0 Å². The van der Waals surface area contributed by atoms with E-state index in [0.29, 0.717) is 0 Å².